The lowest BCUT2D eigenvalue weighted by molar-refractivity contribution is 0.104. The van der Waals surface area contributed by atoms with Crippen molar-refractivity contribution in [1.29, 1.82) is 0 Å². The first kappa shape index (κ1) is 21.2. The monoisotopic (exact) mass is 436 g/mol. The Bertz CT molecular complexity index is 1320. The van der Waals surface area contributed by atoms with Gasteiger partial charge in [-0.2, -0.15) is 0 Å². The normalized spacial score (nSPS) is 14.2. The van der Waals surface area contributed by atoms with Crippen molar-refractivity contribution >= 4 is 28.4 Å². The Balaban J connectivity index is 1.34. The van der Waals surface area contributed by atoms with Gasteiger partial charge in [-0.05, 0) is 43.2 Å². The summed E-state index contributed by atoms with van der Waals surface area (Å²) < 4.78 is 2.10. The van der Waals surface area contributed by atoms with Gasteiger partial charge in [0.25, 0.3) is 0 Å². The molecule has 0 saturated carbocycles. The third-order valence-electron chi connectivity index (χ3n) is 6.39. The van der Waals surface area contributed by atoms with Gasteiger partial charge in [0.1, 0.15) is 0 Å². The first-order chi connectivity index (χ1) is 16.1. The molecule has 1 aliphatic heterocycles. The molecule has 166 valence electrons. The molecule has 2 heterocycles. The van der Waals surface area contributed by atoms with E-state index in [4.69, 9.17) is 0 Å². The number of allylic oxidation sites excluding steroid dienone is 1. The first-order valence-corrected chi connectivity index (χ1v) is 11.5. The Labute approximate surface area is 194 Å². The van der Waals surface area contributed by atoms with Gasteiger partial charge in [0.05, 0.1) is 12.6 Å². The molecular weight excluding hydrogens is 408 g/mol. The van der Waals surface area contributed by atoms with E-state index in [0.717, 1.165) is 35.0 Å². The van der Waals surface area contributed by atoms with E-state index in [2.05, 4.69) is 45.9 Å². The van der Waals surface area contributed by atoms with E-state index < -0.39 is 6.10 Å². The summed E-state index contributed by atoms with van der Waals surface area (Å²) in [7, 11) is 0. The number of aliphatic hydroxyl groups is 1. The number of hydrogen-bond acceptors (Lipinski definition) is 3. The molecule has 0 spiro atoms. The van der Waals surface area contributed by atoms with E-state index in [-0.39, 0.29) is 5.78 Å². The SMILES string of the molecule is Cc1ccc(C(=O)/C=C/c2cn(C[C@@H](O)CN3CCc4ccccc43)c3ccccc23)cc1. The van der Waals surface area contributed by atoms with Crippen molar-refractivity contribution in [3.05, 3.63) is 107 Å². The quantitative estimate of drug-likeness (QED) is 0.317. The number of carbonyl (C=O) groups is 1. The van der Waals surface area contributed by atoms with Gasteiger partial charge in [0.2, 0.25) is 0 Å². The number of aliphatic hydroxyl groups excluding tert-OH is 1. The highest BCUT2D eigenvalue weighted by Crippen LogP contribution is 2.28. The molecule has 1 N–H and O–H groups in total. The van der Waals surface area contributed by atoms with Crippen molar-refractivity contribution in [2.45, 2.75) is 26.0 Å². The molecule has 1 atom stereocenters. The zero-order valence-electron chi connectivity index (χ0n) is 18.8. The minimum Gasteiger partial charge on any atom is -0.389 e. The third-order valence-corrected chi connectivity index (χ3v) is 6.39. The molecule has 4 nitrogen and oxygen atoms in total. The van der Waals surface area contributed by atoms with Crippen LogP contribution in [0.1, 0.15) is 27.0 Å². The van der Waals surface area contributed by atoms with Gasteiger partial charge in [0, 0.05) is 47.0 Å². The van der Waals surface area contributed by atoms with E-state index in [9.17, 15) is 9.90 Å². The number of anilines is 1. The third kappa shape index (κ3) is 4.48. The Morgan fingerprint density at radius 3 is 2.61 bits per heavy atom. The van der Waals surface area contributed by atoms with Crippen LogP contribution >= 0.6 is 0 Å². The predicted molar refractivity (Wildman–Crippen MR) is 135 cm³/mol. The van der Waals surface area contributed by atoms with Crippen LogP contribution in [0.3, 0.4) is 0 Å². The molecule has 4 aromatic rings. The van der Waals surface area contributed by atoms with Crippen molar-refractivity contribution in [1.82, 2.24) is 4.57 Å². The van der Waals surface area contributed by atoms with Crippen LogP contribution in [-0.4, -0.2) is 34.7 Å². The number of hydrogen-bond donors (Lipinski definition) is 1. The fourth-order valence-corrected chi connectivity index (χ4v) is 4.67. The standard InChI is InChI=1S/C29H28N2O2/c1-21-10-12-23(13-11-21)29(33)15-14-24-18-31(28-9-5-3-7-26(24)28)20-25(32)19-30-17-16-22-6-2-4-8-27(22)30/h2-15,18,25,32H,16-17,19-20H2,1H3/b15-14+/t25-/m0/s1. The second-order valence-electron chi connectivity index (χ2n) is 8.80. The van der Waals surface area contributed by atoms with Gasteiger partial charge >= 0.3 is 0 Å². The maximum Gasteiger partial charge on any atom is 0.185 e. The van der Waals surface area contributed by atoms with Crippen molar-refractivity contribution < 1.29 is 9.90 Å². The zero-order chi connectivity index (χ0) is 22.8. The Morgan fingerprint density at radius 2 is 1.76 bits per heavy atom. The van der Waals surface area contributed by atoms with Crippen LogP contribution in [0.15, 0.2) is 85.1 Å². The second-order valence-corrected chi connectivity index (χ2v) is 8.80. The summed E-state index contributed by atoms with van der Waals surface area (Å²) in [6.45, 7) is 4.05. The number of para-hydroxylation sites is 2. The number of nitrogens with zero attached hydrogens (tertiary/aromatic N) is 2. The number of aromatic nitrogens is 1. The van der Waals surface area contributed by atoms with Crippen molar-refractivity contribution in [2.24, 2.45) is 0 Å². The van der Waals surface area contributed by atoms with Crippen LogP contribution in [0, 0.1) is 6.92 Å². The van der Waals surface area contributed by atoms with E-state index in [1.165, 1.54) is 11.3 Å². The molecule has 0 fully saturated rings. The molecule has 0 bridgehead atoms. The van der Waals surface area contributed by atoms with E-state index >= 15 is 0 Å². The summed E-state index contributed by atoms with van der Waals surface area (Å²) in [4.78, 5) is 14.9. The highest BCUT2D eigenvalue weighted by Gasteiger charge is 2.21. The molecule has 1 aliphatic rings. The van der Waals surface area contributed by atoms with Crippen LogP contribution in [-0.2, 0) is 13.0 Å². The van der Waals surface area contributed by atoms with Gasteiger partial charge in [-0.1, -0.05) is 66.2 Å². The average molecular weight is 437 g/mol. The number of ketones is 1. The summed E-state index contributed by atoms with van der Waals surface area (Å²) >= 11 is 0. The maximum atomic E-state index is 12.6. The van der Waals surface area contributed by atoms with E-state index in [0.29, 0.717) is 18.7 Å². The molecule has 4 heteroatoms. The molecule has 0 saturated heterocycles. The van der Waals surface area contributed by atoms with Crippen LogP contribution in [0.2, 0.25) is 0 Å². The Kier molecular flexibility index (Phi) is 5.84. The van der Waals surface area contributed by atoms with Crippen LogP contribution in [0.4, 0.5) is 5.69 Å². The number of benzene rings is 3. The molecule has 1 aromatic heterocycles. The molecule has 0 unspecified atom stereocenters. The summed E-state index contributed by atoms with van der Waals surface area (Å²) in [5, 5.41) is 12.0. The number of fused-ring (bicyclic) bond motifs is 2. The number of aryl methyl sites for hydroxylation is 1. The molecule has 33 heavy (non-hydrogen) atoms. The van der Waals surface area contributed by atoms with E-state index in [1.54, 1.807) is 6.08 Å². The molecule has 3 aromatic carbocycles. The lowest BCUT2D eigenvalue weighted by Gasteiger charge is -2.23. The minimum absolute atomic E-state index is 0.0143. The lowest BCUT2D eigenvalue weighted by Crippen LogP contribution is -2.33. The van der Waals surface area contributed by atoms with Crippen molar-refractivity contribution in [3.63, 3.8) is 0 Å². The number of β-amino-alcohol motifs (C(OH)–C–C–N with tert-alkyl or cyclic N) is 1. The first-order valence-electron chi connectivity index (χ1n) is 11.5. The van der Waals surface area contributed by atoms with Gasteiger partial charge in [0.15, 0.2) is 5.78 Å². The predicted octanol–water partition coefficient (Wildman–Crippen LogP) is 5.27. The largest absolute Gasteiger partial charge is 0.389 e. The van der Waals surface area contributed by atoms with Crippen molar-refractivity contribution in [2.75, 3.05) is 18.0 Å². The molecule has 0 radical (unpaired) electrons. The fraction of sp³-hybridized carbons (Fsp3) is 0.207. The van der Waals surface area contributed by atoms with Crippen molar-refractivity contribution in [3.8, 4) is 0 Å². The fourth-order valence-electron chi connectivity index (χ4n) is 4.67. The number of carbonyl (C=O) groups excluding carboxylic acids is 1. The van der Waals surface area contributed by atoms with Crippen LogP contribution < -0.4 is 4.90 Å². The topological polar surface area (TPSA) is 45.5 Å². The molecular formula is C29H28N2O2. The minimum atomic E-state index is -0.502. The van der Waals surface area contributed by atoms with Gasteiger partial charge in [-0.15, -0.1) is 0 Å². The van der Waals surface area contributed by atoms with Crippen LogP contribution in [0.25, 0.3) is 17.0 Å². The zero-order valence-corrected chi connectivity index (χ0v) is 18.8. The van der Waals surface area contributed by atoms with Crippen LogP contribution in [0.5, 0.6) is 0 Å². The summed E-state index contributed by atoms with van der Waals surface area (Å²) in [6.07, 6.45) is 6.07. The maximum absolute atomic E-state index is 12.6. The summed E-state index contributed by atoms with van der Waals surface area (Å²) in [6, 6.07) is 24.2. The summed E-state index contributed by atoms with van der Waals surface area (Å²) in [5.74, 6) is -0.0143. The second kappa shape index (κ2) is 9.08. The molecule has 0 aliphatic carbocycles. The highest BCUT2D eigenvalue weighted by atomic mass is 16.3. The molecule has 5 rings (SSSR count). The Hall–Kier alpha value is -3.63. The smallest absolute Gasteiger partial charge is 0.185 e. The van der Waals surface area contributed by atoms with Gasteiger partial charge in [-0.3, -0.25) is 4.79 Å². The van der Waals surface area contributed by atoms with E-state index in [1.807, 2.05) is 55.6 Å². The average Bonchev–Trinajstić information content (AvgIpc) is 3.39. The van der Waals surface area contributed by atoms with Gasteiger partial charge < -0.3 is 14.6 Å². The molecule has 0 amide bonds. The Morgan fingerprint density at radius 1 is 1.00 bits per heavy atom. The lowest BCUT2D eigenvalue weighted by atomic mass is 10.1. The number of rotatable bonds is 7. The summed E-state index contributed by atoms with van der Waals surface area (Å²) in [5.41, 5.74) is 6.43. The van der Waals surface area contributed by atoms with Gasteiger partial charge in [-0.25, -0.2) is 0 Å². The highest BCUT2D eigenvalue weighted by molar-refractivity contribution is 6.07.